The molecule has 2 heterocycles. The lowest BCUT2D eigenvalue weighted by molar-refractivity contribution is 0.103. The first-order valence-electron chi connectivity index (χ1n) is 8.81. The summed E-state index contributed by atoms with van der Waals surface area (Å²) in [7, 11) is 0. The van der Waals surface area contributed by atoms with E-state index in [0.29, 0.717) is 10.6 Å². The Bertz CT molecular complexity index is 1010. The van der Waals surface area contributed by atoms with Crippen molar-refractivity contribution >= 4 is 61.4 Å². The lowest BCUT2D eigenvalue weighted by Crippen LogP contribution is -2.12. The van der Waals surface area contributed by atoms with Crippen LogP contribution < -0.4 is 11.1 Å². The maximum atomic E-state index is 12.8. The van der Waals surface area contributed by atoms with Crippen LogP contribution in [0.1, 0.15) is 45.8 Å². The molecule has 0 spiro atoms. The summed E-state index contributed by atoms with van der Waals surface area (Å²) >= 11 is 3.65. The van der Waals surface area contributed by atoms with Gasteiger partial charge in [0.2, 0.25) is 0 Å². The van der Waals surface area contributed by atoms with E-state index in [4.69, 9.17) is 10.7 Å². The molecule has 0 atom stereocenters. The second-order valence-corrected chi connectivity index (χ2v) is 9.01. The Kier molecular flexibility index (Phi) is 4.88. The fourth-order valence-electron chi connectivity index (χ4n) is 3.45. The summed E-state index contributed by atoms with van der Waals surface area (Å²) < 4.78 is 1.14. The summed E-state index contributed by atoms with van der Waals surface area (Å²) in [4.78, 5) is 19.1. The number of thiophene rings is 1. The second kappa shape index (κ2) is 7.15. The number of nitrogens with two attached hydrogens (primary N) is 1. The average molecular weight is 477 g/mol. The van der Waals surface area contributed by atoms with E-state index < -0.39 is 0 Å². The highest BCUT2D eigenvalue weighted by Gasteiger charge is 2.20. The Balaban J connectivity index is 1.70. The van der Waals surface area contributed by atoms with Crippen LogP contribution in [0.2, 0.25) is 0 Å². The van der Waals surface area contributed by atoms with Gasteiger partial charge in [0.25, 0.3) is 5.91 Å². The monoisotopic (exact) mass is 477 g/mol. The summed E-state index contributed by atoms with van der Waals surface area (Å²) in [5.74, 6) is -0.162. The van der Waals surface area contributed by atoms with E-state index >= 15 is 0 Å². The van der Waals surface area contributed by atoms with Crippen molar-refractivity contribution in [1.29, 1.82) is 0 Å². The molecule has 1 aliphatic carbocycles. The average Bonchev–Trinajstić information content (AvgIpc) is 2.79. The number of nitrogens with one attached hydrogen (secondary N) is 1. The number of amides is 1. The van der Waals surface area contributed by atoms with Crippen LogP contribution in [0, 0.1) is 10.5 Å². The van der Waals surface area contributed by atoms with Crippen LogP contribution in [0.4, 0.5) is 11.4 Å². The van der Waals surface area contributed by atoms with E-state index in [9.17, 15) is 4.79 Å². The number of anilines is 2. The molecule has 1 aliphatic rings. The third-order valence-electron chi connectivity index (χ3n) is 4.89. The highest BCUT2D eigenvalue weighted by Crippen LogP contribution is 2.35. The van der Waals surface area contributed by atoms with Crippen LogP contribution in [-0.2, 0) is 12.8 Å². The molecule has 26 heavy (non-hydrogen) atoms. The van der Waals surface area contributed by atoms with Crippen LogP contribution in [0.25, 0.3) is 10.2 Å². The Hall–Kier alpha value is -1.67. The van der Waals surface area contributed by atoms with E-state index in [1.54, 1.807) is 0 Å². The number of nitrogen functional groups attached to an aromatic ring is 1. The number of fused-ring (bicyclic) bond motifs is 2. The molecule has 0 saturated heterocycles. The number of nitrogens with zero attached hydrogens (tertiary/aromatic N) is 1. The molecule has 4 nitrogen and oxygen atoms in total. The van der Waals surface area contributed by atoms with E-state index in [2.05, 4.69) is 34.0 Å². The zero-order chi connectivity index (χ0) is 18.3. The van der Waals surface area contributed by atoms with Gasteiger partial charge in [0.15, 0.2) is 0 Å². The van der Waals surface area contributed by atoms with Crippen molar-refractivity contribution in [1.82, 2.24) is 4.98 Å². The van der Waals surface area contributed by atoms with Crippen molar-refractivity contribution in [2.45, 2.75) is 39.0 Å². The highest BCUT2D eigenvalue weighted by molar-refractivity contribution is 14.1. The zero-order valence-corrected chi connectivity index (χ0v) is 17.5. The van der Waals surface area contributed by atoms with Gasteiger partial charge in [0, 0.05) is 20.3 Å². The first-order chi connectivity index (χ1) is 12.5. The zero-order valence-electron chi connectivity index (χ0n) is 14.6. The van der Waals surface area contributed by atoms with Gasteiger partial charge in [0.1, 0.15) is 9.71 Å². The number of hydrogen-bond acceptors (Lipinski definition) is 4. The molecule has 0 fully saturated rings. The fraction of sp³-hybridized carbons (Fsp3) is 0.300. The molecular formula is C20H20IN3OS. The smallest absolute Gasteiger partial charge is 0.267 e. The quantitative estimate of drug-likeness (QED) is 0.388. The lowest BCUT2D eigenvalue weighted by Gasteiger charge is -2.08. The number of halogens is 1. The molecule has 3 aromatic rings. The molecule has 134 valence electrons. The van der Waals surface area contributed by atoms with Crippen molar-refractivity contribution in [2.75, 3.05) is 11.1 Å². The van der Waals surface area contributed by atoms with Crippen LogP contribution in [-0.4, -0.2) is 10.9 Å². The molecule has 6 heteroatoms. The van der Waals surface area contributed by atoms with Gasteiger partial charge in [-0.15, -0.1) is 11.3 Å². The van der Waals surface area contributed by atoms with Crippen molar-refractivity contribution in [2.24, 2.45) is 0 Å². The highest BCUT2D eigenvalue weighted by atomic mass is 127. The Labute approximate surface area is 170 Å². The molecule has 1 aromatic carbocycles. The van der Waals surface area contributed by atoms with E-state index in [0.717, 1.165) is 37.9 Å². The molecule has 4 rings (SSSR count). The number of rotatable bonds is 2. The van der Waals surface area contributed by atoms with E-state index in [1.165, 1.54) is 41.9 Å². The van der Waals surface area contributed by atoms with Crippen molar-refractivity contribution in [3.63, 3.8) is 0 Å². The van der Waals surface area contributed by atoms with Crippen molar-refractivity contribution in [3.8, 4) is 0 Å². The third kappa shape index (κ3) is 3.32. The Morgan fingerprint density at radius 2 is 2.04 bits per heavy atom. The SMILES string of the molecule is Cc1cc(I)ccc1NC(=O)c1sc2nc3c(cc2c1N)CCCCC3. The molecule has 0 radical (unpaired) electrons. The predicted molar refractivity (Wildman–Crippen MR) is 117 cm³/mol. The molecule has 0 saturated carbocycles. The van der Waals surface area contributed by atoms with Gasteiger partial charge in [-0.1, -0.05) is 6.42 Å². The number of carbonyl (C=O) groups excluding carboxylic acids is 1. The minimum absolute atomic E-state index is 0.162. The van der Waals surface area contributed by atoms with Crippen LogP contribution >= 0.6 is 33.9 Å². The van der Waals surface area contributed by atoms with Crippen molar-refractivity contribution in [3.05, 3.63) is 49.5 Å². The molecule has 0 unspecified atom stereocenters. The van der Waals surface area contributed by atoms with Crippen LogP contribution in [0.3, 0.4) is 0 Å². The summed E-state index contributed by atoms with van der Waals surface area (Å²) in [5, 5.41) is 3.91. The van der Waals surface area contributed by atoms with Gasteiger partial charge < -0.3 is 11.1 Å². The van der Waals surface area contributed by atoms with Crippen LogP contribution in [0.5, 0.6) is 0 Å². The Morgan fingerprint density at radius 1 is 1.23 bits per heavy atom. The number of aromatic nitrogens is 1. The summed E-state index contributed by atoms with van der Waals surface area (Å²) in [6.07, 6.45) is 5.71. The van der Waals surface area contributed by atoms with Crippen LogP contribution in [0.15, 0.2) is 24.3 Å². The van der Waals surface area contributed by atoms with Gasteiger partial charge >= 0.3 is 0 Å². The normalized spacial score (nSPS) is 14.1. The van der Waals surface area contributed by atoms with Gasteiger partial charge in [-0.25, -0.2) is 4.98 Å². The largest absolute Gasteiger partial charge is 0.397 e. The minimum atomic E-state index is -0.162. The number of benzene rings is 1. The van der Waals surface area contributed by atoms with E-state index in [-0.39, 0.29) is 5.91 Å². The molecule has 1 amide bonds. The molecular weight excluding hydrogens is 457 g/mol. The second-order valence-electron chi connectivity index (χ2n) is 6.77. The summed E-state index contributed by atoms with van der Waals surface area (Å²) in [6.45, 7) is 1.99. The molecule has 2 aromatic heterocycles. The lowest BCUT2D eigenvalue weighted by atomic mass is 10.1. The summed E-state index contributed by atoms with van der Waals surface area (Å²) in [5.41, 5.74) is 11.2. The minimum Gasteiger partial charge on any atom is -0.397 e. The number of hydrogen-bond donors (Lipinski definition) is 2. The number of carbonyl (C=O) groups is 1. The summed E-state index contributed by atoms with van der Waals surface area (Å²) in [6, 6.07) is 8.11. The number of aryl methyl sites for hydroxylation is 3. The first kappa shape index (κ1) is 17.7. The predicted octanol–water partition coefficient (Wildman–Crippen LogP) is 5.31. The van der Waals surface area contributed by atoms with Gasteiger partial charge in [0.05, 0.1) is 5.69 Å². The molecule has 3 N–H and O–H groups in total. The maximum absolute atomic E-state index is 12.8. The fourth-order valence-corrected chi connectivity index (χ4v) is 5.09. The molecule has 0 aliphatic heterocycles. The van der Waals surface area contributed by atoms with E-state index in [1.807, 2.05) is 25.1 Å². The third-order valence-corrected chi connectivity index (χ3v) is 6.68. The molecule has 0 bridgehead atoms. The van der Waals surface area contributed by atoms with Gasteiger partial charge in [-0.3, -0.25) is 4.79 Å². The topological polar surface area (TPSA) is 68.0 Å². The first-order valence-corrected chi connectivity index (χ1v) is 10.7. The van der Waals surface area contributed by atoms with Gasteiger partial charge in [-0.2, -0.15) is 0 Å². The number of pyridine rings is 1. The van der Waals surface area contributed by atoms with Gasteiger partial charge in [-0.05, 0) is 90.6 Å². The maximum Gasteiger partial charge on any atom is 0.267 e. The Morgan fingerprint density at radius 3 is 2.85 bits per heavy atom. The van der Waals surface area contributed by atoms with Crippen molar-refractivity contribution < 1.29 is 4.79 Å². The standard InChI is InChI=1S/C20H20IN3OS/c1-11-9-13(21)7-8-15(11)23-19(25)18-17(22)14-10-12-5-3-2-4-6-16(12)24-20(14)26-18/h7-10H,2-6,22H2,1H3,(H,23,25).